The van der Waals surface area contributed by atoms with Gasteiger partial charge in [-0.25, -0.2) is 14.8 Å². The van der Waals surface area contributed by atoms with Crippen LogP contribution in [0.4, 0.5) is 10.5 Å². The monoisotopic (exact) mass is 447 g/mol. The average molecular weight is 448 g/mol. The van der Waals surface area contributed by atoms with Crippen molar-refractivity contribution in [1.29, 1.82) is 0 Å². The fourth-order valence-electron chi connectivity index (χ4n) is 3.87. The number of urea groups is 1. The number of piperidine rings is 1. The third-order valence-corrected chi connectivity index (χ3v) is 6.48. The minimum Gasteiger partial charge on any atom is -0.334 e. The van der Waals surface area contributed by atoms with E-state index in [4.69, 9.17) is 0 Å². The molecule has 4 rings (SSSR count). The zero-order chi connectivity index (χ0) is 22.2. The fraction of sp³-hybridized carbons (Fsp3) is 0.320. The Morgan fingerprint density at radius 3 is 2.50 bits per heavy atom. The number of rotatable bonds is 7. The van der Waals surface area contributed by atoms with E-state index in [-0.39, 0.29) is 6.03 Å². The Kier molecular flexibility index (Phi) is 7.74. The number of benzene rings is 2. The van der Waals surface area contributed by atoms with E-state index < -0.39 is 0 Å². The predicted molar refractivity (Wildman–Crippen MR) is 129 cm³/mol. The largest absolute Gasteiger partial charge is 0.334 e. The number of carbonyl (C=O) groups excluding carboxylic acids is 1. The van der Waals surface area contributed by atoms with Gasteiger partial charge < -0.3 is 10.6 Å². The van der Waals surface area contributed by atoms with Gasteiger partial charge in [0.25, 0.3) is 0 Å². The molecule has 7 heteroatoms. The van der Waals surface area contributed by atoms with Gasteiger partial charge in [0.1, 0.15) is 0 Å². The van der Waals surface area contributed by atoms with Crippen LogP contribution in [0.15, 0.2) is 71.0 Å². The number of amides is 2. The number of hydrogen-bond donors (Lipinski definition) is 2. The highest BCUT2D eigenvalue weighted by molar-refractivity contribution is 7.99. The van der Waals surface area contributed by atoms with Crippen LogP contribution >= 0.6 is 11.8 Å². The minimum absolute atomic E-state index is 0.201. The highest BCUT2D eigenvalue weighted by atomic mass is 32.2. The van der Waals surface area contributed by atoms with E-state index in [1.807, 2.05) is 31.2 Å². The van der Waals surface area contributed by atoms with E-state index in [9.17, 15) is 4.79 Å². The van der Waals surface area contributed by atoms with Crippen molar-refractivity contribution in [2.45, 2.75) is 49.3 Å². The molecule has 0 atom stereocenters. The Bertz CT molecular complexity index is 1040. The third kappa shape index (κ3) is 6.31. The summed E-state index contributed by atoms with van der Waals surface area (Å²) in [4.78, 5) is 24.6. The van der Waals surface area contributed by atoms with Crippen molar-refractivity contribution in [2.24, 2.45) is 0 Å². The number of hydrogen-bond acceptors (Lipinski definition) is 5. The molecular weight excluding hydrogens is 418 g/mol. The second-order valence-electron chi connectivity index (χ2n) is 8.02. The average Bonchev–Trinajstić information content (AvgIpc) is 2.82. The molecule has 1 aliphatic rings. The molecule has 2 N–H and O–H groups in total. The Labute approximate surface area is 193 Å². The van der Waals surface area contributed by atoms with Crippen molar-refractivity contribution in [2.75, 3.05) is 18.4 Å². The van der Waals surface area contributed by atoms with Crippen LogP contribution in [0.3, 0.4) is 0 Å². The Hall–Kier alpha value is -2.90. The standard InChI is InChI=1S/C25H29N5OS/c1-19-16-22(32-25-26-12-7-13-27-25)10-11-23(19)29-24(31)28-17-20-8-3-4-9-21(20)18-30-14-5-2-6-15-30/h3-4,7-13,16H,2,5-6,14-15,17-18H2,1H3,(H2,28,29,31). The van der Waals surface area contributed by atoms with E-state index in [0.717, 1.165) is 35.8 Å². The van der Waals surface area contributed by atoms with Crippen molar-refractivity contribution < 1.29 is 4.79 Å². The minimum atomic E-state index is -0.201. The van der Waals surface area contributed by atoms with Crippen LogP contribution in [0.2, 0.25) is 0 Å². The summed E-state index contributed by atoms with van der Waals surface area (Å²) in [5.74, 6) is 0. The van der Waals surface area contributed by atoms with Crippen molar-refractivity contribution in [3.63, 3.8) is 0 Å². The quantitative estimate of drug-likeness (QED) is 0.485. The fourth-order valence-corrected chi connectivity index (χ4v) is 4.68. The molecule has 2 amide bonds. The Balaban J connectivity index is 1.32. The predicted octanol–water partition coefficient (Wildman–Crippen LogP) is 5.24. The summed E-state index contributed by atoms with van der Waals surface area (Å²) < 4.78 is 0. The zero-order valence-electron chi connectivity index (χ0n) is 18.4. The molecule has 1 fully saturated rings. The Morgan fingerprint density at radius 2 is 1.75 bits per heavy atom. The number of nitrogens with zero attached hydrogens (tertiary/aromatic N) is 3. The van der Waals surface area contributed by atoms with Gasteiger partial charge in [-0.1, -0.05) is 30.7 Å². The lowest BCUT2D eigenvalue weighted by atomic mass is 10.0. The number of likely N-dealkylation sites (tertiary alicyclic amines) is 1. The van der Waals surface area contributed by atoms with Crippen LogP contribution in [0.1, 0.15) is 36.0 Å². The molecule has 1 saturated heterocycles. The number of nitrogens with one attached hydrogen (secondary N) is 2. The zero-order valence-corrected chi connectivity index (χ0v) is 19.2. The Morgan fingerprint density at radius 1 is 1.00 bits per heavy atom. The summed E-state index contributed by atoms with van der Waals surface area (Å²) in [6.45, 7) is 5.76. The van der Waals surface area contributed by atoms with Crippen LogP contribution in [0, 0.1) is 6.92 Å². The molecule has 2 aromatic carbocycles. The van der Waals surface area contributed by atoms with Crippen molar-refractivity contribution in [3.8, 4) is 0 Å². The maximum absolute atomic E-state index is 12.6. The molecule has 1 aliphatic heterocycles. The van der Waals surface area contributed by atoms with E-state index in [2.05, 4.69) is 43.7 Å². The number of aromatic nitrogens is 2. The van der Waals surface area contributed by atoms with E-state index in [1.54, 1.807) is 18.5 Å². The summed E-state index contributed by atoms with van der Waals surface area (Å²) in [6, 6.07) is 15.9. The van der Waals surface area contributed by atoms with Crippen LogP contribution in [0.5, 0.6) is 0 Å². The molecule has 3 aromatic rings. The SMILES string of the molecule is Cc1cc(Sc2ncccn2)ccc1NC(=O)NCc1ccccc1CN1CCCCC1. The normalized spacial score (nSPS) is 14.2. The van der Waals surface area contributed by atoms with Crippen molar-refractivity contribution >= 4 is 23.5 Å². The van der Waals surface area contributed by atoms with Gasteiger partial charge in [-0.05, 0) is 85.6 Å². The van der Waals surface area contributed by atoms with Gasteiger partial charge in [-0.2, -0.15) is 0 Å². The second kappa shape index (κ2) is 11.1. The third-order valence-electron chi connectivity index (χ3n) is 5.60. The van der Waals surface area contributed by atoms with Crippen molar-refractivity contribution in [1.82, 2.24) is 20.2 Å². The summed E-state index contributed by atoms with van der Waals surface area (Å²) >= 11 is 1.50. The first-order chi connectivity index (χ1) is 15.7. The van der Waals surface area contributed by atoms with Crippen LogP contribution in [-0.2, 0) is 13.1 Å². The van der Waals surface area contributed by atoms with Gasteiger partial charge >= 0.3 is 6.03 Å². The van der Waals surface area contributed by atoms with Gasteiger partial charge in [0.15, 0.2) is 5.16 Å². The topological polar surface area (TPSA) is 70.1 Å². The van der Waals surface area contributed by atoms with E-state index >= 15 is 0 Å². The van der Waals surface area contributed by atoms with Gasteiger partial charge in [-0.3, -0.25) is 4.90 Å². The molecule has 0 spiro atoms. The first-order valence-corrected chi connectivity index (χ1v) is 11.9. The lowest BCUT2D eigenvalue weighted by Crippen LogP contribution is -2.31. The summed E-state index contributed by atoms with van der Waals surface area (Å²) in [7, 11) is 0. The highest BCUT2D eigenvalue weighted by Crippen LogP contribution is 2.27. The van der Waals surface area contributed by atoms with E-state index in [1.165, 1.54) is 42.2 Å². The van der Waals surface area contributed by atoms with Gasteiger partial charge in [0.2, 0.25) is 0 Å². The molecular formula is C25H29N5OS. The lowest BCUT2D eigenvalue weighted by molar-refractivity contribution is 0.220. The first kappa shape index (κ1) is 22.3. The lowest BCUT2D eigenvalue weighted by Gasteiger charge is -2.27. The molecule has 0 aliphatic carbocycles. The smallest absolute Gasteiger partial charge is 0.319 e. The molecule has 6 nitrogen and oxygen atoms in total. The molecule has 166 valence electrons. The van der Waals surface area contributed by atoms with Crippen LogP contribution in [-0.4, -0.2) is 34.0 Å². The van der Waals surface area contributed by atoms with Crippen molar-refractivity contribution in [3.05, 3.63) is 77.6 Å². The summed E-state index contributed by atoms with van der Waals surface area (Å²) in [6.07, 6.45) is 7.34. The number of aryl methyl sites for hydroxylation is 1. The number of anilines is 1. The molecule has 1 aromatic heterocycles. The molecule has 0 radical (unpaired) electrons. The number of carbonyl (C=O) groups is 1. The highest BCUT2D eigenvalue weighted by Gasteiger charge is 2.13. The summed E-state index contributed by atoms with van der Waals surface area (Å²) in [5, 5.41) is 6.69. The second-order valence-corrected chi connectivity index (χ2v) is 9.06. The first-order valence-electron chi connectivity index (χ1n) is 11.1. The van der Waals surface area contributed by atoms with Gasteiger partial charge in [0, 0.05) is 36.1 Å². The molecule has 2 heterocycles. The van der Waals surface area contributed by atoms with E-state index in [0.29, 0.717) is 11.7 Å². The maximum atomic E-state index is 12.6. The summed E-state index contributed by atoms with van der Waals surface area (Å²) in [5.41, 5.74) is 4.24. The molecule has 0 bridgehead atoms. The van der Waals surface area contributed by atoms with Crippen LogP contribution < -0.4 is 10.6 Å². The maximum Gasteiger partial charge on any atom is 0.319 e. The molecule has 32 heavy (non-hydrogen) atoms. The molecule has 0 unspecified atom stereocenters. The van der Waals surface area contributed by atoms with Gasteiger partial charge in [-0.15, -0.1) is 0 Å². The van der Waals surface area contributed by atoms with Gasteiger partial charge in [0.05, 0.1) is 0 Å². The molecule has 0 saturated carbocycles. The van der Waals surface area contributed by atoms with Crippen LogP contribution in [0.25, 0.3) is 0 Å².